The minimum Gasteiger partial charge on any atom is -0.120 e. The minimum absolute atomic E-state index is 0.268. The van der Waals surface area contributed by atoms with Crippen LogP contribution in [0.4, 0.5) is 0 Å². The lowest BCUT2D eigenvalue weighted by molar-refractivity contribution is 0.802. The Balaban J connectivity index is 2.09. The Bertz CT molecular complexity index is 591. The molecule has 2 aromatic rings. The van der Waals surface area contributed by atoms with Crippen LogP contribution in [-0.4, -0.2) is 4.75 Å². The van der Waals surface area contributed by atoms with E-state index in [4.69, 9.17) is 0 Å². The van der Waals surface area contributed by atoms with Crippen LogP contribution in [0.5, 0.6) is 0 Å². The number of hydrogen-bond donors (Lipinski definition) is 0. The molecular formula is C17H18S. The fraction of sp³-hybridized carbons (Fsp3) is 0.294. The van der Waals surface area contributed by atoms with E-state index < -0.39 is 0 Å². The highest BCUT2D eigenvalue weighted by Gasteiger charge is 2.22. The quantitative estimate of drug-likeness (QED) is 0.541. The van der Waals surface area contributed by atoms with Crippen LogP contribution < -0.4 is 0 Å². The van der Waals surface area contributed by atoms with Crippen LogP contribution in [0.1, 0.15) is 31.9 Å². The average molecular weight is 254 g/mol. The molecule has 0 fully saturated rings. The van der Waals surface area contributed by atoms with E-state index in [1.54, 1.807) is 0 Å². The third kappa shape index (κ3) is 2.08. The van der Waals surface area contributed by atoms with E-state index in [9.17, 15) is 0 Å². The molecule has 0 bridgehead atoms. The van der Waals surface area contributed by atoms with E-state index >= 15 is 0 Å². The molecule has 1 heteroatoms. The molecular weight excluding hydrogens is 236 g/mol. The lowest BCUT2D eigenvalue weighted by atomic mass is 10.1. The first kappa shape index (κ1) is 11.9. The van der Waals surface area contributed by atoms with Gasteiger partial charge >= 0.3 is 0 Å². The van der Waals surface area contributed by atoms with Gasteiger partial charge in [-0.2, -0.15) is 0 Å². The lowest BCUT2D eigenvalue weighted by Crippen LogP contribution is -2.07. The standard InChI is InChI=1S/C17H18S/c1-17(2,3)18-16-10-6-9-14-13-8-5-4-7-12(13)11-15(14)16/h4-10H,11H2,1-3H3. The molecule has 18 heavy (non-hydrogen) atoms. The van der Waals surface area contributed by atoms with Crippen molar-refractivity contribution in [3.63, 3.8) is 0 Å². The van der Waals surface area contributed by atoms with Gasteiger partial charge in [0.05, 0.1) is 0 Å². The zero-order valence-corrected chi connectivity index (χ0v) is 12.0. The van der Waals surface area contributed by atoms with Gasteiger partial charge in [0.15, 0.2) is 0 Å². The third-order valence-electron chi connectivity index (χ3n) is 3.22. The molecule has 0 nitrogen and oxygen atoms in total. The topological polar surface area (TPSA) is 0 Å². The predicted octanol–water partition coefficient (Wildman–Crippen LogP) is 5.15. The van der Waals surface area contributed by atoms with Gasteiger partial charge in [-0.1, -0.05) is 57.2 Å². The first-order chi connectivity index (χ1) is 8.54. The number of rotatable bonds is 1. The van der Waals surface area contributed by atoms with Crippen molar-refractivity contribution in [2.75, 3.05) is 0 Å². The predicted molar refractivity (Wildman–Crippen MR) is 80.3 cm³/mol. The fourth-order valence-corrected chi connectivity index (χ4v) is 3.67. The van der Waals surface area contributed by atoms with Crippen LogP contribution in [-0.2, 0) is 6.42 Å². The highest BCUT2D eigenvalue weighted by atomic mass is 32.2. The van der Waals surface area contributed by atoms with Crippen molar-refractivity contribution in [2.45, 2.75) is 36.8 Å². The molecule has 1 aliphatic rings. The number of fused-ring (bicyclic) bond motifs is 3. The van der Waals surface area contributed by atoms with Gasteiger partial charge in [0.2, 0.25) is 0 Å². The van der Waals surface area contributed by atoms with Crippen molar-refractivity contribution in [1.29, 1.82) is 0 Å². The monoisotopic (exact) mass is 254 g/mol. The van der Waals surface area contributed by atoms with Gasteiger partial charge in [-0.3, -0.25) is 0 Å². The minimum atomic E-state index is 0.268. The normalized spacial score (nSPS) is 13.3. The van der Waals surface area contributed by atoms with Crippen LogP contribution in [0.2, 0.25) is 0 Å². The smallest absolute Gasteiger partial charge is 0.0122 e. The van der Waals surface area contributed by atoms with Crippen LogP contribution >= 0.6 is 11.8 Å². The van der Waals surface area contributed by atoms with Crippen LogP contribution in [0.3, 0.4) is 0 Å². The summed E-state index contributed by atoms with van der Waals surface area (Å²) in [6, 6.07) is 15.5. The molecule has 1 aliphatic carbocycles. The van der Waals surface area contributed by atoms with Gasteiger partial charge < -0.3 is 0 Å². The number of benzene rings is 2. The zero-order chi connectivity index (χ0) is 12.8. The highest BCUT2D eigenvalue weighted by Crippen LogP contribution is 2.43. The zero-order valence-electron chi connectivity index (χ0n) is 11.2. The molecule has 0 saturated carbocycles. The van der Waals surface area contributed by atoms with Crippen molar-refractivity contribution in [3.05, 3.63) is 53.6 Å². The highest BCUT2D eigenvalue weighted by molar-refractivity contribution is 8.00. The van der Waals surface area contributed by atoms with Gasteiger partial charge in [-0.15, -0.1) is 11.8 Å². The maximum atomic E-state index is 2.28. The van der Waals surface area contributed by atoms with Gasteiger partial charge in [-0.05, 0) is 34.7 Å². The second kappa shape index (κ2) is 4.17. The molecule has 0 radical (unpaired) electrons. The Labute approximate surface area is 113 Å². The third-order valence-corrected chi connectivity index (χ3v) is 4.44. The van der Waals surface area contributed by atoms with Gasteiger partial charge in [0.25, 0.3) is 0 Å². The second-order valence-corrected chi connectivity index (χ2v) is 7.70. The van der Waals surface area contributed by atoms with Crippen molar-refractivity contribution in [1.82, 2.24) is 0 Å². The Hall–Kier alpha value is -1.21. The van der Waals surface area contributed by atoms with Crippen molar-refractivity contribution >= 4 is 11.8 Å². The summed E-state index contributed by atoms with van der Waals surface area (Å²) >= 11 is 1.98. The van der Waals surface area contributed by atoms with Crippen molar-refractivity contribution in [2.24, 2.45) is 0 Å². The SMILES string of the molecule is CC(C)(C)Sc1cccc2c1Cc1ccccc1-2. The molecule has 0 aromatic heterocycles. The van der Waals surface area contributed by atoms with Gasteiger partial charge in [-0.25, -0.2) is 0 Å². The van der Waals surface area contributed by atoms with E-state index in [1.807, 2.05) is 11.8 Å². The average Bonchev–Trinajstić information content (AvgIpc) is 2.67. The molecule has 3 rings (SSSR count). The number of hydrogen-bond acceptors (Lipinski definition) is 1. The Morgan fingerprint density at radius 3 is 2.39 bits per heavy atom. The molecule has 0 N–H and O–H groups in total. The summed E-state index contributed by atoms with van der Waals surface area (Å²) < 4.78 is 0.268. The maximum absolute atomic E-state index is 2.28. The van der Waals surface area contributed by atoms with E-state index in [2.05, 4.69) is 63.2 Å². The molecule has 0 aliphatic heterocycles. The van der Waals surface area contributed by atoms with E-state index in [0.717, 1.165) is 6.42 Å². The largest absolute Gasteiger partial charge is 0.120 e. The Kier molecular flexibility index (Phi) is 2.74. The Morgan fingerprint density at radius 1 is 0.889 bits per heavy atom. The van der Waals surface area contributed by atoms with Crippen molar-refractivity contribution < 1.29 is 0 Å². The van der Waals surface area contributed by atoms with E-state index in [1.165, 1.54) is 27.1 Å². The molecule has 0 atom stereocenters. The summed E-state index contributed by atoms with van der Waals surface area (Å²) in [6.07, 6.45) is 1.09. The molecule has 0 unspecified atom stereocenters. The first-order valence-electron chi connectivity index (χ1n) is 6.44. The molecule has 2 aromatic carbocycles. The van der Waals surface area contributed by atoms with Gasteiger partial charge in [0, 0.05) is 9.64 Å². The summed E-state index contributed by atoms with van der Waals surface area (Å²) in [5, 5.41) is 0. The van der Waals surface area contributed by atoms with Crippen LogP contribution in [0.15, 0.2) is 47.4 Å². The van der Waals surface area contributed by atoms with Gasteiger partial charge in [0.1, 0.15) is 0 Å². The molecule has 0 amide bonds. The maximum Gasteiger partial charge on any atom is 0.0122 e. The molecule has 0 saturated heterocycles. The lowest BCUT2D eigenvalue weighted by Gasteiger charge is -2.19. The van der Waals surface area contributed by atoms with Crippen molar-refractivity contribution in [3.8, 4) is 11.1 Å². The summed E-state index contributed by atoms with van der Waals surface area (Å²) in [5.41, 5.74) is 5.83. The van der Waals surface area contributed by atoms with Crippen LogP contribution in [0.25, 0.3) is 11.1 Å². The number of thioether (sulfide) groups is 1. The first-order valence-corrected chi connectivity index (χ1v) is 7.25. The summed E-state index contributed by atoms with van der Waals surface area (Å²) in [6.45, 7) is 6.83. The summed E-state index contributed by atoms with van der Waals surface area (Å²) in [7, 11) is 0. The summed E-state index contributed by atoms with van der Waals surface area (Å²) in [5.74, 6) is 0. The Morgan fingerprint density at radius 2 is 1.61 bits per heavy atom. The van der Waals surface area contributed by atoms with E-state index in [-0.39, 0.29) is 4.75 Å². The second-order valence-electron chi connectivity index (χ2n) is 5.83. The molecule has 0 spiro atoms. The summed E-state index contributed by atoms with van der Waals surface area (Å²) in [4.78, 5) is 1.44. The molecule has 0 heterocycles. The molecule has 92 valence electrons. The van der Waals surface area contributed by atoms with Crippen LogP contribution in [0, 0.1) is 0 Å². The fourth-order valence-electron chi connectivity index (χ4n) is 2.55. The van der Waals surface area contributed by atoms with E-state index in [0.29, 0.717) is 0 Å².